The van der Waals surface area contributed by atoms with Gasteiger partial charge in [0.25, 0.3) is 0 Å². The fourth-order valence-corrected chi connectivity index (χ4v) is 1.83. The minimum Gasteiger partial charge on any atom is -0.368 e. The van der Waals surface area contributed by atoms with E-state index in [-0.39, 0.29) is 17.3 Å². The first-order valence-electron chi connectivity index (χ1n) is 6.65. The molecule has 21 heavy (non-hydrogen) atoms. The van der Waals surface area contributed by atoms with E-state index >= 15 is 0 Å². The maximum absolute atomic E-state index is 13.8. The lowest BCUT2D eigenvalue weighted by Crippen LogP contribution is -2.08. The van der Waals surface area contributed by atoms with Crippen LogP contribution in [0.3, 0.4) is 0 Å². The SMILES string of the molecule is CCCNc1nc(Nc2c(C)cccc2F)c(F)cc1F. The minimum absolute atomic E-state index is 0.0604. The Morgan fingerprint density at radius 1 is 1.05 bits per heavy atom. The Balaban J connectivity index is 2.35. The molecular formula is C15H16F3N3. The van der Waals surface area contributed by atoms with Crippen LogP contribution in [0.1, 0.15) is 18.9 Å². The predicted octanol–water partition coefficient (Wildman–Crippen LogP) is 4.37. The molecule has 0 spiro atoms. The fourth-order valence-electron chi connectivity index (χ4n) is 1.83. The third-order valence-electron chi connectivity index (χ3n) is 2.94. The first-order chi connectivity index (χ1) is 10.0. The van der Waals surface area contributed by atoms with Gasteiger partial charge in [0.2, 0.25) is 0 Å². The Bertz CT molecular complexity index is 624. The van der Waals surface area contributed by atoms with E-state index in [0.717, 1.165) is 12.5 Å². The molecule has 2 aromatic rings. The smallest absolute Gasteiger partial charge is 0.169 e. The van der Waals surface area contributed by atoms with Gasteiger partial charge in [0, 0.05) is 12.6 Å². The number of hydrogen-bond acceptors (Lipinski definition) is 3. The van der Waals surface area contributed by atoms with Gasteiger partial charge < -0.3 is 10.6 Å². The van der Waals surface area contributed by atoms with E-state index in [2.05, 4.69) is 15.6 Å². The quantitative estimate of drug-likeness (QED) is 0.860. The van der Waals surface area contributed by atoms with Crippen LogP contribution < -0.4 is 10.6 Å². The normalized spacial score (nSPS) is 10.5. The van der Waals surface area contributed by atoms with E-state index in [1.165, 1.54) is 6.07 Å². The van der Waals surface area contributed by atoms with Crippen LogP contribution >= 0.6 is 0 Å². The van der Waals surface area contributed by atoms with Gasteiger partial charge in [-0.3, -0.25) is 0 Å². The topological polar surface area (TPSA) is 37.0 Å². The minimum atomic E-state index is -0.878. The summed E-state index contributed by atoms with van der Waals surface area (Å²) in [6.07, 6.45) is 0.772. The zero-order chi connectivity index (χ0) is 15.4. The predicted molar refractivity (Wildman–Crippen MR) is 77.4 cm³/mol. The molecule has 0 aliphatic heterocycles. The molecule has 1 aromatic heterocycles. The number of hydrogen-bond donors (Lipinski definition) is 2. The molecule has 0 aliphatic carbocycles. The maximum Gasteiger partial charge on any atom is 0.169 e. The van der Waals surface area contributed by atoms with E-state index in [4.69, 9.17) is 0 Å². The molecule has 0 bridgehead atoms. The van der Waals surface area contributed by atoms with Crippen LogP contribution in [0.4, 0.5) is 30.5 Å². The Kier molecular flexibility index (Phi) is 4.67. The average Bonchev–Trinajstić information content (AvgIpc) is 2.44. The molecule has 0 fully saturated rings. The van der Waals surface area contributed by atoms with Crippen molar-refractivity contribution in [3.05, 3.63) is 47.3 Å². The highest BCUT2D eigenvalue weighted by molar-refractivity contribution is 5.63. The van der Waals surface area contributed by atoms with Gasteiger partial charge in [-0.15, -0.1) is 0 Å². The second kappa shape index (κ2) is 6.47. The van der Waals surface area contributed by atoms with Gasteiger partial charge in [0.1, 0.15) is 5.82 Å². The van der Waals surface area contributed by atoms with Crippen LogP contribution in [0.25, 0.3) is 0 Å². The van der Waals surface area contributed by atoms with Crippen LogP contribution in [-0.4, -0.2) is 11.5 Å². The highest BCUT2D eigenvalue weighted by Gasteiger charge is 2.14. The third-order valence-corrected chi connectivity index (χ3v) is 2.94. The van der Waals surface area contributed by atoms with E-state index in [9.17, 15) is 13.2 Å². The number of rotatable bonds is 5. The van der Waals surface area contributed by atoms with Crippen molar-refractivity contribution in [2.24, 2.45) is 0 Å². The van der Waals surface area contributed by atoms with Crippen LogP contribution in [0.5, 0.6) is 0 Å². The summed E-state index contributed by atoms with van der Waals surface area (Å²) in [5, 5.41) is 5.34. The number of aryl methyl sites for hydroxylation is 1. The molecule has 0 unspecified atom stereocenters. The number of anilines is 3. The number of benzene rings is 1. The number of nitrogens with zero attached hydrogens (tertiary/aromatic N) is 1. The molecular weight excluding hydrogens is 279 g/mol. The van der Waals surface area contributed by atoms with Crippen molar-refractivity contribution in [2.75, 3.05) is 17.2 Å². The van der Waals surface area contributed by atoms with Crippen molar-refractivity contribution in [1.82, 2.24) is 4.98 Å². The molecule has 3 nitrogen and oxygen atoms in total. The summed E-state index contributed by atoms with van der Waals surface area (Å²) in [5.41, 5.74) is 0.723. The van der Waals surface area contributed by atoms with Gasteiger partial charge in [0.15, 0.2) is 23.3 Å². The van der Waals surface area contributed by atoms with Gasteiger partial charge in [-0.25, -0.2) is 18.2 Å². The molecule has 0 amide bonds. The lowest BCUT2D eigenvalue weighted by Gasteiger charge is -2.13. The van der Waals surface area contributed by atoms with Crippen molar-refractivity contribution < 1.29 is 13.2 Å². The fraction of sp³-hybridized carbons (Fsp3) is 0.267. The number of aromatic nitrogens is 1. The standard InChI is InChI=1S/C15H16F3N3/c1-3-7-19-14-11(17)8-12(18)15(21-14)20-13-9(2)5-4-6-10(13)16/h4-6,8H,3,7H2,1-2H3,(H2,19,20,21). The van der Waals surface area contributed by atoms with Gasteiger partial charge in [-0.2, -0.15) is 0 Å². The summed E-state index contributed by atoms with van der Waals surface area (Å²) in [6.45, 7) is 4.10. The third kappa shape index (κ3) is 3.45. The van der Waals surface area contributed by atoms with Crippen molar-refractivity contribution >= 4 is 17.3 Å². The Hall–Kier alpha value is -2.24. The number of pyridine rings is 1. The first-order valence-corrected chi connectivity index (χ1v) is 6.65. The molecule has 0 saturated carbocycles. The summed E-state index contributed by atoms with van der Waals surface area (Å²) in [7, 11) is 0. The maximum atomic E-state index is 13.8. The zero-order valence-corrected chi connectivity index (χ0v) is 11.8. The average molecular weight is 295 g/mol. The summed E-state index contributed by atoms with van der Waals surface area (Å²) >= 11 is 0. The van der Waals surface area contributed by atoms with Gasteiger partial charge in [-0.1, -0.05) is 19.1 Å². The Labute approximate surface area is 121 Å². The molecule has 1 heterocycles. The van der Waals surface area contributed by atoms with Crippen LogP contribution in [0, 0.1) is 24.4 Å². The van der Waals surface area contributed by atoms with Crippen molar-refractivity contribution in [3.63, 3.8) is 0 Å². The van der Waals surface area contributed by atoms with Crippen molar-refractivity contribution in [1.29, 1.82) is 0 Å². The van der Waals surface area contributed by atoms with Crippen molar-refractivity contribution in [3.8, 4) is 0 Å². The molecule has 6 heteroatoms. The van der Waals surface area contributed by atoms with Gasteiger partial charge >= 0.3 is 0 Å². The number of halogens is 3. The number of nitrogens with one attached hydrogen (secondary N) is 2. The van der Waals surface area contributed by atoms with E-state index < -0.39 is 17.5 Å². The van der Waals surface area contributed by atoms with E-state index in [0.29, 0.717) is 12.1 Å². The molecule has 112 valence electrons. The highest BCUT2D eigenvalue weighted by Crippen LogP contribution is 2.26. The molecule has 0 saturated heterocycles. The lowest BCUT2D eigenvalue weighted by atomic mass is 10.2. The second-order valence-corrected chi connectivity index (χ2v) is 4.63. The molecule has 0 atom stereocenters. The monoisotopic (exact) mass is 295 g/mol. The number of para-hydroxylation sites is 1. The van der Waals surface area contributed by atoms with Crippen LogP contribution in [0.2, 0.25) is 0 Å². The van der Waals surface area contributed by atoms with Crippen LogP contribution in [-0.2, 0) is 0 Å². The Morgan fingerprint density at radius 3 is 2.43 bits per heavy atom. The summed E-state index contributed by atoms with van der Waals surface area (Å²) in [4.78, 5) is 3.85. The summed E-state index contributed by atoms with van der Waals surface area (Å²) in [6, 6.07) is 5.22. The van der Waals surface area contributed by atoms with Crippen LogP contribution in [0.15, 0.2) is 24.3 Å². The zero-order valence-electron chi connectivity index (χ0n) is 11.8. The molecule has 1 aromatic carbocycles. The largest absolute Gasteiger partial charge is 0.368 e. The molecule has 0 aliphatic rings. The lowest BCUT2D eigenvalue weighted by molar-refractivity contribution is 0.578. The highest BCUT2D eigenvalue weighted by atomic mass is 19.1. The van der Waals surface area contributed by atoms with Gasteiger partial charge in [0.05, 0.1) is 5.69 Å². The Morgan fingerprint density at radius 2 is 1.76 bits per heavy atom. The van der Waals surface area contributed by atoms with E-state index in [1.807, 2.05) is 6.92 Å². The summed E-state index contributed by atoms with van der Waals surface area (Å²) < 4.78 is 41.1. The second-order valence-electron chi connectivity index (χ2n) is 4.63. The molecule has 0 radical (unpaired) electrons. The summed E-state index contributed by atoms with van der Waals surface area (Å²) in [5.74, 6) is -2.46. The first kappa shape index (κ1) is 15.2. The van der Waals surface area contributed by atoms with Crippen molar-refractivity contribution in [2.45, 2.75) is 20.3 Å². The molecule has 2 rings (SSSR count). The van der Waals surface area contributed by atoms with E-state index in [1.54, 1.807) is 19.1 Å². The molecule has 2 N–H and O–H groups in total. The van der Waals surface area contributed by atoms with Gasteiger partial charge in [-0.05, 0) is 25.0 Å².